The van der Waals surface area contributed by atoms with Crippen molar-refractivity contribution in [1.82, 2.24) is 4.72 Å². The summed E-state index contributed by atoms with van der Waals surface area (Å²) in [4.78, 5) is 10.5. The van der Waals surface area contributed by atoms with Gasteiger partial charge in [0.25, 0.3) is 10.0 Å². The molecular formula is C13H19NO4S. The van der Waals surface area contributed by atoms with Crippen LogP contribution in [0.5, 0.6) is 0 Å². The summed E-state index contributed by atoms with van der Waals surface area (Å²) in [7, 11) is -3.66. The normalized spacial score (nSPS) is 19.2. The molecule has 0 spiro atoms. The summed E-state index contributed by atoms with van der Waals surface area (Å²) < 4.78 is 31.6. The molecule has 0 amide bonds. The smallest absolute Gasteiger partial charge is 0.273 e. The third-order valence-electron chi connectivity index (χ3n) is 3.73. The van der Waals surface area contributed by atoms with E-state index in [1.165, 1.54) is 18.6 Å². The van der Waals surface area contributed by atoms with E-state index in [2.05, 4.69) is 11.6 Å². The molecular weight excluding hydrogens is 266 g/mol. The van der Waals surface area contributed by atoms with Crippen molar-refractivity contribution in [1.29, 1.82) is 0 Å². The van der Waals surface area contributed by atoms with Gasteiger partial charge in [-0.05, 0) is 30.4 Å². The first-order valence-electron chi connectivity index (χ1n) is 6.50. The summed E-state index contributed by atoms with van der Waals surface area (Å²) in [6, 6.07) is 2.65. The summed E-state index contributed by atoms with van der Waals surface area (Å²) in [5.74, 6) is 0.0178. The zero-order chi connectivity index (χ0) is 13.9. The molecule has 1 aromatic rings. The maximum absolute atomic E-state index is 12.0. The Balaban J connectivity index is 2.03. The van der Waals surface area contributed by atoms with Crippen molar-refractivity contribution in [3.63, 3.8) is 0 Å². The van der Waals surface area contributed by atoms with E-state index in [4.69, 9.17) is 4.42 Å². The van der Waals surface area contributed by atoms with Gasteiger partial charge in [-0.3, -0.25) is 4.79 Å². The molecule has 1 N–H and O–H groups in total. The Bertz CT molecular complexity index is 541. The van der Waals surface area contributed by atoms with Gasteiger partial charge in [0.2, 0.25) is 5.09 Å². The number of hydrogen-bond acceptors (Lipinski definition) is 4. The highest BCUT2D eigenvalue weighted by Crippen LogP contribution is 2.35. The summed E-state index contributed by atoms with van der Waals surface area (Å²) in [5, 5.41) is -0.200. The molecule has 0 atom stereocenters. The van der Waals surface area contributed by atoms with Crippen molar-refractivity contribution in [2.75, 3.05) is 6.54 Å². The first kappa shape index (κ1) is 14.3. The van der Waals surface area contributed by atoms with Gasteiger partial charge in [0, 0.05) is 6.54 Å². The SMILES string of the molecule is CC1(CNS(=O)(=O)c2ccc(C=O)o2)CCCCC1. The van der Waals surface area contributed by atoms with Crippen molar-refractivity contribution in [2.24, 2.45) is 5.41 Å². The van der Waals surface area contributed by atoms with Gasteiger partial charge in [-0.1, -0.05) is 26.2 Å². The zero-order valence-electron chi connectivity index (χ0n) is 11.0. The largest absolute Gasteiger partial charge is 0.440 e. The van der Waals surface area contributed by atoms with Crippen molar-refractivity contribution in [3.8, 4) is 0 Å². The van der Waals surface area contributed by atoms with E-state index in [1.54, 1.807) is 0 Å². The molecule has 0 aromatic carbocycles. The molecule has 0 unspecified atom stereocenters. The highest BCUT2D eigenvalue weighted by atomic mass is 32.2. The lowest BCUT2D eigenvalue weighted by molar-refractivity contribution is 0.109. The van der Waals surface area contributed by atoms with Gasteiger partial charge in [0.05, 0.1) is 0 Å². The van der Waals surface area contributed by atoms with Gasteiger partial charge in [-0.2, -0.15) is 0 Å². The van der Waals surface area contributed by atoms with Crippen LogP contribution in [0.1, 0.15) is 49.6 Å². The highest BCUT2D eigenvalue weighted by Gasteiger charge is 2.29. The monoisotopic (exact) mass is 285 g/mol. The predicted octanol–water partition coefficient (Wildman–Crippen LogP) is 2.34. The van der Waals surface area contributed by atoms with Crippen molar-refractivity contribution >= 4 is 16.3 Å². The van der Waals surface area contributed by atoms with Crippen molar-refractivity contribution in [3.05, 3.63) is 17.9 Å². The molecule has 19 heavy (non-hydrogen) atoms. The molecule has 1 aliphatic rings. The van der Waals surface area contributed by atoms with Crippen LogP contribution in [-0.2, 0) is 10.0 Å². The second kappa shape index (κ2) is 5.46. The number of rotatable bonds is 5. The predicted molar refractivity (Wildman–Crippen MR) is 70.5 cm³/mol. The Labute approximate surface area is 113 Å². The zero-order valence-corrected chi connectivity index (χ0v) is 11.8. The van der Waals surface area contributed by atoms with Crippen LogP contribution in [0.15, 0.2) is 21.6 Å². The Morgan fingerprint density at radius 1 is 1.32 bits per heavy atom. The van der Waals surface area contributed by atoms with E-state index in [0.717, 1.165) is 25.7 Å². The van der Waals surface area contributed by atoms with Gasteiger partial charge in [-0.15, -0.1) is 0 Å². The van der Waals surface area contributed by atoms with Crippen LogP contribution in [0.3, 0.4) is 0 Å². The van der Waals surface area contributed by atoms with Gasteiger partial charge in [-0.25, -0.2) is 13.1 Å². The first-order chi connectivity index (χ1) is 8.95. The maximum atomic E-state index is 12.0. The Morgan fingerprint density at radius 3 is 2.58 bits per heavy atom. The molecule has 1 aromatic heterocycles. The fourth-order valence-corrected chi connectivity index (χ4v) is 3.60. The number of furan rings is 1. The van der Waals surface area contributed by atoms with Crippen LogP contribution in [0.4, 0.5) is 0 Å². The molecule has 106 valence electrons. The standard InChI is InChI=1S/C13H19NO4S/c1-13(7-3-2-4-8-13)10-14-19(16,17)12-6-5-11(9-15)18-12/h5-6,9,14H,2-4,7-8,10H2,1H3. The molecule has 5 nitrogen and oxygen atoms in total. The lowest BCUT2D eigenvalue weighted by atomic mass is 9.76. The average Bonchev–Trinajstić information content (AvgIpc) is 2.87. The Hall–Kier alpha value is -1.14. The molecule has 1 saturated carbocycles. The van der Waals surface area contributed by atoms with Gasteiger partial charge in [0.1, 0.15) is 0 Å². The van der Waals surface area contributed by atoms with Crippen LogP contribution >= 0.6 is 0 Å². The third kappa shape index (κ3) is 3.45. The summed E-state index contributed by atoms with van der Waals surface area (Å²) in [6.07, 6.45) is 6.08. The summed E-state index contributed by atoms with van der Waals surface area (Å²) in [5.41, 5.74) is 0.0192. The van der Waals surface area contributed by atoms with Gasteiger partial charge < -0.3 is 4.42 Å². The van der Waals surface area contributed by atoms with Crippen LogP contribution in [0.25, 0.3) is 0 Å². The minimum absolute atomic E-state index is 0.0178. The topological polar surface area (TPSA) is 76.4 Å². The summed E-state index contributed by atoms with van der Waals surface area (Å²) >= 11 is 0. The fraction of sp³-hybridized carbons (Fsp3) is 0.615. The van der Waals surface area contributed by atoms with Gasteiger partial charge in [0.15, 0.2) is 12.0 Å². The number of nitrogens with one attached hydrogen (secondary N) is 1. The molecule has 2 rings (SSSR count). The minimum Gasteiger partial charge on any atom is -0.440 e. The molecule has 0 radical (unpaired) electrons. The quantitative estimate of drug-likeness (QED) is 0.842. The van der Waals surface area contributed by atoms with Gasteiger partial charge >= 0.3 is 0 Å². The minimum atomic E-state index is -3.66. The Kier molecular flexibility index (Phi) is 4.10. The van der Waals surface area contributed by atoms with Crippen LogP contribution in [0, 0.1) is 5.41 Å². The van der Waals surface area contributed by atoms with E-state index in [9.17, 15) is 13.2 Å². The number of hydrogen-bond donors (Lipinski definition) is 1. The molecule has 1 heterocycles. The van der Waals surface area contributed by atoms with E-state index in [1.807, 2.05) is 0 Å². The number of carbonyl (C=O) groups is 1. The average molecular weight is 285 g/mol. The number of sulfonamides is 1. The van der Waals surface area contributed by atoms with E-state index >= 15 is 0 Å². The second-order valence-corrected chi connectivity index (χ2v) is 7.17. The lowest BCUT2D eigenvalue weighted by Crippen LogP contribution is -2.36. The highest BCUT2D eigenvalue weighted by molar-refractivity contribution is 7.89. The Morgan fingerprint density at radius 2 is 2.00 bits per heavy atom. The molecule has 1 aliphatic carbocycles. The van der Waals surface area contributed by atoms with E-state index < -0.39 is 10.0 Å². The van der Waals surface area contributed by atoms with E-state index in [-0.39, 0.29) is 16.3 Å². The molecule has 0 aliphatic heterocycles. The maximum Gasteiger partial charge on any atom is 0.273 e. The molecule has 1 fully saturated rings. The van der Waals surface area contributed by atoms with Crippen LogP contribution < -0.4 is 4.72 Å². The third-order valence-corrected chi connectivity index (χ3v) is 5.01. The molecule has 0 bridgehead atoms. The summed E-state index contributed by atoms with van der Waals surface area (Å²) in [6.45, 7) is 2.51. The van der Waals surface area contributed by atoms with Crippen LogP contribution in [-0.4, -0.2) is 21.2 Å². The van der Waals surface area contributed by atoms with Crippen molar-refractivity contribution in [2.45, 2.75) is 44.1 Å². The van der Waals surface area contributed by atoms with Crippen molar-refractivity contribution < 1.29 is 17.6 Å². The number of aldehydes is 1. The molecule has 6 heteroatoms. The fourth-order valence-electron chi connectivity index (χ4n) is 2.46. The molecule has 0 saturated heterocycles. The van der Waals surface area contributed by atoms with E-state index in [0.29, 0.717) is 12.8 Å². The lowest BCUT2D eigenvalue weighted by Gasteiger charge is -2.33. The first-order valence-corrected chi connectivity index (χ1v) is 7.98. The van der Waals surface area contributed by atoms with Crippen LogP contribution in [0.2, 0.25) is 0 Å². The second-order valence-electron chi connectivity index (χ2n) is 5.47. The number of carbonyl (C=O) groups excluding carboxylic acids is 1.